The highest BCUT2D eigenvalue weighted by molar-refractivity contribution is 5.93. The van der Waals surface area contributed by atoms with Gasteiger partial charge in [0, 0.05) is 17.6 Å². The smallest absolute Gasteiger partial charge is 0.248 e. The number of nitrogens with one attached hydrogen (secondary N) is 1. The zero-order chi connectivity index (χ0) is 12.3. The summed E-state index contributed by atoms with van der Waals surface area (Å²) in [6.07, 6.45) is 1.70. The molecule has 1 aromatic carbocycles. The fraction of sp³-hybridized carbons (Fsp3) is 0.231. The predicted molar refractivity (Wildman–Crippen MR) is 66.7 cm³/mol. The molecule has 1 N–H and O–H groups in total. The highest BCUT2D eigenvalue weighted by atomic mass is 16.2. The van der Waals surface area contributed by atoms with E-state index >= 15 is 0 Å². The summed E-state index contributed by atoms with van der Waals surface area (Å²) in [7, 11) is 0. The van der Waals surface area contributed by atoms with E-state index in [-0.39, 0.29) is 11.9 Å². The molecule has 4 heteroatoms. The molecule has 2 rings (SSSR count). The Morgan fingerprint density at radius 3 is 2.59 bits per heavy atom. The Balaban J connectivity index is 2.09. The lowest BCUT2D eigenvalue weighted by atomic mass is 10.2. The van der Waals surface area contributed by atoms with Crippen LogP contribution in [0.4, 0.5) is 5.69 Å². The molecule has 1 heterocycles. The van der Waals surface area contributed by atoms with E-state index in [1.54, 1.807) is 10.9 Å². The van der Waals surface area contributed by atoms with Crippen molar-refractivity contribution in [2.75, 3.05) is 5.32 Å². The molecule has 0 aliphatic carbocycles. The van der Waals surface area contributed by atoms with Crippen LogP contribution in [0.15, 0.2) is 42.6 Å². The van der Waals surface area contributed by atoms with Crippen LogP contribution in [0.25, 0.3) is 0 Å². The van der Waals surface area contributed by atoms with Crippen LogP contribution in [0.5, 0.6) is 0 Å². The number of amides is 1. The maximum Gasteiger partial charge on any atom is 0.248 e. The Kier molecular flexibility index (Phi) is 3.23. The van der Waals surface area contributed by atoms with Crippen LogP contribution < -0.4 is 5.32 Å². The molecule has 1 unspecified atom stereocenters. The third-order valence-electron chi connectivity index (χ3n) is 2.66. The number of hydrogen-bond donors (Lipinski definition) is 1. The quantitative estimate of drug-likeness (QED) is 0.878. The minimum atomic E-state index is -0.315. The van der Waals surface area contributed by atoms with Crippen molar-refractivity contribution in [1.82, 2.24) is 9.78 Å². The van der Waals surface area contributed by atoms with Crippen molar-refractivity contribution in [3.05, 3.63) is 48.3 Å². The van der Waals surface area contributed by atoms with Crippen molar-refractivity contribution in [3.63, 3.8) is 0 Å². The molecule has 0 aliphatic heterocycles. The first kappa shape index (κ1) is 11.4. The topological polar surface area (TPSA) is 46.9 Å². The van der Waals surface area contributed by atoms with Crippen molar-refractivity contribution in [2.45, 2.75) is 19.9 Å². The first-order valence-electron chi connectivity index (χ1n) is 5.54. The molecule has 0 fully saturated rings. The molecule has 1 atom stereocenters. The average molecular weight is 229 g/mol. The number of anilines is 1. The minimum absolute atomic E-state index is 0.0667. The summed E-state index contributed by atoms with van der Waals surface area (Å²) in [5, 5.41) is 6.99. The van der Waals surface area contributed by atoms with Crippen molar-refractivity contribution in [2.24, 2.45) is 0 Å². The average Bonchev–Trinajstić information content (AvgIpc) is 2.76. The number of hydrogen-bond acceptors (Lipinski definition) is 2. The summed E-state index contributed by atoms with van der Waals surface area (Å²) in [5.74, 6) is -0.0667. The van der Waals surface area contributed by atoms with Gasteiger partial charge in [0.2, 0.25) is 5.91 Å². The molecule has 0 radical (unpaired) electrons. The molecular weight excluding hydrogens is 214 g/mol. The normalized spacial score (nSPS) is 12.1. The van der Waals surface area contributed by atoms with E-state index in [1.165, 1.54) is 0 Å². The number of para-hydroxylation sites is 1. The van der Waals surface area contributed by atoms with E-state index in [0.717, 1.165) is 11.4 Å². The number of carbonyl (C=O) groups excluding carboxylic acids is 1. The first-order chi connectivity index (χ1) is 8.18. The Labute approximate surface area is 100 Å². The van der Waals surface area contributed by atoms with Gasteiger partial charge in [-0.25, -0.2) is 0 Å². The largest absolute Gasteiger partial charge is 0.324 e. The van der Waals surface area contributed by atoms with Gasteiger partial charge in [-0.15, -0.1) is 0 Å². The number of aryl methyl sites for hydroxylation is 1. The van der Waals surface area contributed by atoms with Crippen LogP contribution in [-0.2, 0) is 4.79 Å². The summed E-state index contributed by atoms with van der Waals surface area (Å²) in [6.45, 7) is 3.76. The van der Waals surface area contributed by atoms with Crippen LogP contribution in [0.2, 0.25) is 0 Å². The van der Waals surface area contributed by atoms with Gasteiger partial charge < -0.3 is 5.32 Å². The van der Waals surface area contributed by atoms with Crippen LogP contribution in [-0.4, -0.2) is 15.7 Å². The molecular formula is C13H15N3O. The molecule has 2 aromatic rings. The van der Waals surface area contributed by atoms with Gasteiger partial charge in [-0.2, -0.15) is 5.10 Å². The van der Waals surface area contributed by atoms with Gasteiger partial charge in [0.1, 0.15) is 6.04 Å². The summed E-state index contributed by atoms with van der Waals surface area (Å²) >= 11 is 0. The molecule has 0 spiro atoms. The first-order valence-corrected chi connectivity index (χ1v) is 5.54. The molecule has 17 heavy (non-hydrogen) atoms. The Hall–Kier alpha value is -2.10. The van der Waals surface area contributed by atoms with Crippen molar-refractivity contribution < 1.29 is 4.79 Å². The van der Waals surface area contributed by atoms with E-state index in [1.807, 2.05) is 50.2 Å². The number of nitrogens with zero attached hydrogens (tertiary/aromatic N) is 2. The second kappa shape index (κ2) is 4.82. The van der Waals surface area contributed by atoms with Crippen molar-refractivity contribution >= 4 is 11.6 Å². The van der Waals surface area contributed by atoms with Gasteiger partial charge in [0.25, 0.3) is 0 Å². The van der Waals surface area contributed by atoms with Crippen molar-refractivity contribution in [3.8, 4) is 0 Å². The molecule has 4 nitrogen and oxygen atoms in total. The van der Waals surface area contributed by atoms with Crippen LogP contribution >= 0.6 is 0 Å². The summed E-state index contributed by atoms with van der Waals surface area (Å²) in [4.78, 5) is 12.0. The molecule has 0 saturated heterocycles. The van der Waals surface area contributed by atoms with Gasteiger partial charge in [-0.3, -0.25) is 9.48 Å². The van der Waals surface area contributed by atoms with E-state index in [9.17, 15) is 4.79 Å². The number of rotatable bonds is 3. The fourth-order valence-electron chi connectivity index (χ4n) is 1.67. The summed E-state index contributed by atoms with van der Waals surface area (Å²) < 4.78 is 1.71. The Morgan fingerprint density at radius 2 is 2.00 bits per heavy atom. The van der Waals surface area contributed by atoms with Crippen LogP contribution in [0.1, 0.15) is 18.7 Å². The summed E-state index contributed by atoms with van der Waals surface area (Å²) in [6, 6.07) is 11.0. The second-order valence-electron chi connectivity index (χ2n) is 3.95. The van der Waals surface area contributed by atoms with Crippen LogP contribution in [0, 0.1) is 6.92 Å². The molecule has 1 amide bonds. The lowest BCUT2D eigenvalue weighted by molar-refractivity contribution is -0.119. The molecule has 0 saturated carbocycles. The Morgan fingerprint density at radius 1 is 1.29 bits per heavy atom. The Bertz CT molecular complexity index is 504. The van der Waals surface area contributed by atoms with Gasteiger partial charge in [-0.1, -0.05) is 18.2 Å². The van der Waals surface area contributed by atoms with E-state index < -0.39 is 0 Å². The summed E-state index contributed by atoms with van der Waals surface area (Å²) in [5.41, 5.74) is 1.77. The lowest BCUT2D eigenvalue weighted by Crippen LogP contribution is -2.25. The minimum Gasteiger partial charge on any atom is -0.324 e. The highest BCUT2D eigenvalue weighted by Gasteiger charge is 2.16. The third kappa shape index (κ3) is 2.53. The lowest BCUT2D eigenvalue weighted by Gasteiger charge is -2.14. The molecule has 1 aromatic heterocycles. The fourth-order valence-corrected chi connectivity index (χ4v) is 1.67. The van der Waals surface area contributed by atoms with E-state index in [4.69, 9.17) is 0 Å². The van der Waals surface area contributed by atoms with Crippen LogP contribution in [0.3, 0.4) is 0 Å². The molecule has 0 bridgehead atoms. The van der Waals surface area contributed by atoms with E-state index in [2.05, 4.69) is 10.4 Å². The van der Waals surface area contributed by atoms with Gasteiger partial charge in [0.15, 0.2) is 0 Å². The second-order valence-corrected chi connectivity index (χ2v) is 3.95. The molecule has 88 valence electrons. The maximum atomic E-state index is 12.0. The van der Waals surface area contributed by atoms with Gasteiger partial charge in [0.05, 0.1) is 0 Å². The van der Waals surface area contributed by atoms with Crippen molar-refractivity contribution in [1.29, 1.82) is 0 Å². The number of aromatic nitrogens is 2. The SMILES string of the molecule is Cc1ccnn1C(C)C(=O)Nc1ccccc1. The van der Waals surface area contributed by atoms with Gasteiger partial charge in [-0.05, 0) is 32.0 Å². The third-order valence-corrected chi connectivity index (χ3v) is 2.66. The zero-order valence-electron chi connectivity index (χ0n) is 9.92. The monoisotopic (exact) mass is 229 g/mol. The molecule has 0 aliphatic rings. The van der Waals surface area contributed by atoms with E-state index in [0.29, 0.717) is 0 Å². The maximum absolute atomic E-state index is 12.0. The highest BCUT2D eigenvalue weighted by Crippen LogP contribution is 2.12. The zero-order valence-corrected chi connectivity index (χ0v) is 9.92. The number of carbonyl (C=O) groups is 1. The predicted octanol–water partition coefficient (Wildman–Crippen LogP) is 2.39. The standard InChI is InChI=1S/C13H15N3O/c1-10-8-9-14-16(10)11(2)13(17)15-12-6-4-3-5-7-12/h3-9,11H,1-2H3,(H,15,17). The number of benzene rings is 1. The van der Waals surface area contributed by atoms with Gasteiger partial charge >= 0.3 is 0 Å².